The van der Waals surface area contributed by atoms with E-state index < -0.39 is 16.4 Å². The van der Waals surface area contributed by atoms with Crippen molar-refractivity contribution in [1.29, 1.82) is 0 Å². The first-order valence-electron chi connectivity index (χ1n) is 32.9. The molecule has 8 nitrogen and oxygen atoms in total. The van der Waals surface area contributed by atoms with Gasteiger partial charge >= 0.3 is 11.9 Å². The van der Waals surface area contributed by atoms with Crippen LogP contribution in [-0.4, -0.2) is 65.1 Å². The molecule has 410 valence electrons. The van der Waals surface area contributed by atoms with Gasteiger partial charge in [-0.15, -0.1) is 0 Å². The minimum absolute atomic E-state index is 0.112. The molecular formula is C69H89N3O5. The Hall–Kier alpha value is -3.36. The van der Waals surface area contributed by atoms with Gasteiger partial charge in [-0.2, -0.15) is 0 Å². The van der Waals surface area contributed by atoms with Crippen molar-refractivity contribution in [2.24, 2.45) is 91.5 Å². The summed E-state index contributed by atoms with van der Waals surface area (Å²) in [5.41, 5.74) is 15.3. The number of fused-ring (bicyclic) bond motifs is 5. The molecule has 1 aromatic rings. The van der Waals surface area contributed by atoms with Crippen molar-refractivity contribution >= 4 is 11.9 Å². The van der Waals surface area contributed by atoms with Crippen molar-refractivity contribution in [3.05, 3.63) is 80.5 Å². The zero-order valence-electron chi connectivity index (χ0n) is 46.8. The highest BCUT2D eigenvalue weighted by Crippen LogP contribution is 2.90. The molecule has 7 spiro atoms. The molecule has 11 aliphatic carbocycles. The first-order valence-corrected chi connectivity index (χ1v) is 32.9. The number of rotatable bonds is 5. The van der Waals surface area contributed by atoms with Crippen LogP contribution in [0.5, 0.6) is 0 Å². The fourth-order valence-electron chi connectivity index (χ4n) is 27.0. The molecule has 16 unspecified atom stereocenters. The summed E-state index contributed by atoms with van der Waals surface area (Å²) >= 11 is 0. The fraction of sp³-hybridized carbons (Fsp3) is 0.768. The maximum absolute atomic E-state index is 16.9. The zero-order valence-corrected chi connectivity index (χ0v) is 46.8. The van der Waals surface area contributed by atoms with Crippen LogP contribution in [0.4, 0.5) is 0 Å². The van der Waals surface area contributed by atoms with Crippen LogP contribution in [0.2, 0.25) is 0 Å². The third kappa shape index (κ3) is 5.34. The summed E-state index contributed by atoms with van der Waals surface area (Å²) in [6.45, 7) is 6.59. The van der Waals surface area contributed by atoms with Gasteiger partial charge in [-0.05, 0) is 216 Å². The Labute approximate surface area is 459 Å². The van der Waals surface area contributed by atoms with Crippen LogP contribution in [0.25, 0.3) is 0 Å². The number of aliphatic hydroxyl groups is 1. The number of hydrogen-bond donors (Lipinski definition) is 2. The van der Waals surface area contributed by atoms with Gasteiger partial charge in [0, 0.05) is 67.2 Å². The van der Waals surface area contributed by atoms with Crippen LogP contribution in [0.3, 0.4) is 0 Å². The van der Waals surface area contributed by atoms with E-state index in [2.05, 4.69) is 41.0 Å². The number of esters is 2. The van der Waals surface area contributed by atoms with E-state index in [4.69, 9.17) is 15.2 Å². The lowest BCUT2D eigenvalue weighted by Gasteiger charge is -2.74. The van der Waals surface area contributed by atoms with Gasteiger partial charge in [0.05, 0.1) is 11.0 Å². The number of benzene rings is 1. The van der Waals surface area contributed by atoms with Crippen molar-refractivity contribution in [3.63, 3.8) is 0 Å². The van der Waals surface area contributed by atoms with Crippen molar-refractivity contribution in [3.8, 4) is 0 Å². The monoisotopic (exact) mass is 1040 g/mol. The number of nitrogens with two attached hydrogens (primary N) is 1. The second-order valence-corrected chi connectivity index (χ2v) is 30.9. The minimum Gasteiger partial charge on any atom is -0.509 e. The maximum atomic E-state index is 16.9. The summed E-state index contributed by atoms with van der Waals surface area (Å²) in [5.74, 6) is 3.85. The number of nitrogens with zero attached hydrogens (tertiary/aromatic N) is 2. The number of carbonyl (C=O) groups is 2. The topological polar surface area (TPSA) is 105 Å². The molecule has 8 heteroatoms. The van der Waals surface area contributed by atoms with Gasteiger partial charge in [0.25, 0.3) is 0 Å². The van der Waals surface area contributed by atoms with Gasteiger partial charge in [-0.3, -0.25) is 9.69 Å². The van der Waals surface area contributed by atoms with E-state index in [9.17, 15) is 5.11 Å². The molecule has 3 saturated heterocycles. The summed E-state index contributed by atoms with van der Waals surface area (Å²) < 4.78 is 15.0. The van der Waals surface area contributed by atoms with Gasteiger partial charge in [0.15, 0.2) is 11.4 Å². The molecule has 20 aliphatic rings. The Morgan fingerprint density at radius 2 is 1.60 bits per heavy atom. The third-order valence-electron chi connectivity index (χ3n) is 29.1. The molecular weight excluding hydrogens is 951 g/mol. The zero-order chi connectivity index (χ0) is 51.2. The number of ether oxygens (including phenoxy) is 2. The van der Waals surface area contributed by atoms with Gasteiger partial charge in [-0.25, -0.2) is 4.79 Å². The molecule has 7 saturated carbocycles. The molecule has 10 fully saturated rings. The van der Waals surface area contributed by atoms with E-state index in [1.165, 1.54) is 153 Å². The van der Waals surface area contributed by atoms with E-state index in [1.54, 1.807) is 22.4 Å². The summed E-state index contributed by atoms with van der Waals surface area (Å²) in [5, 5.41) is 14.2. The maximum Gasteiger partial charge on any atom is 0.339 e. The van der Waals surface area contributed by atoms with Crippen LogP contribution in [0, 0.1) is 85.8 Å². The summed E-state index contributed by atoms with van der Waals surface area (Å²) in [7, 11) is 0. The number of aliphatic hydroxyl groups excluding tert-OH is 1. The summed E-state index contributed by atoms with van der Waals surface area (Å²) in [6, 6.07) is 7.27. The summed E-state index contributed by atoms with van der Waals surface area (Å²) in [4.78, 5) is 38.5. The molecule has 1 aromatic carbocycles. The Balaban J connectivity index is 0.903. The van der Waals surface area contributed by atoms with E-state index in [0.717, 1.165) is 56.3 Å². The fourth-order valence-corrected chi connectivity index (χ4v) is 27.0. The lowest BCUT2D eigenvalue weighted by molar-refractivity contribution is -0.283. The van der Waals surface area contributed by atoms with Gasteiger partial charge in [-0.1, -0.05) is 92.9 Å². The Morgan fingerprint density at radius 1 is 0.779 bits per heavy atom. The quantitative estimate of drug-likeness (QED) is 0.222. The normalized spacial score (nSPS) is 47.7. The average Bonchev–Trinajstić information content (AvgIpc) is 4.51. The minimum atomic E-state index is -1.13. The van der Waals surface area contributed by atoms with Crippen molar-refractivity contribution in [2.75, 3.05) is 26.2 Å². The molecule has 77 heavy (non-hydrogen) atoms. The predicted molar refractivity (Wildman–Crippen MR) is 296 cm³/mol. The van der Waals surface area contributed by atoms with Crippen molar-refractivity contribution < 1.29 is 24.2 Å². The van der Waals surface area contributed by atoms with Crippen LogP contribution < -0.4 is 5.73 Å². The molecule has 9 aliphatic heterocycles. The largest absolute Gasteiger partial charge is 0.509 e. The van der Waals surface area contributed by atoms with Crippen LogP contribution in [0.1, 0.15) is 215 Å². The number of allylic oxidation sites excluding steroid dienone is 4. The van der Waals surface area contributed by atoms with Gasteiger partial charge in [0.2, 0.25) is 0 Å². The van der Waals surface area contributed by atoms with Crippen LogP contribution in [-0.2, 0) is 26.3 Å². The highest BCUT2D eigenvalue weighted by Gasteiger charge is 2.94. The number of hydrogen-bond acceptors (Lipinski definition) is 8. The Bertz CT molecular complexity index is 2920. The first kappa shape index (κ1) is 47.3. The van der Waals surface area contributed by atoms with Crippen molar-refractivity contribution in [2.45, 2.75) is 217 Å². The number of piperidine rings is 2. The second kappa shape index (κ2) is 15.8. The van der Waals surface area contributed by atoms with Crippen LogP contribution in [0.15, 0.2) is 63.8 Å². The van der Waals surface area contributed by atoms with Gasteiger partial charge < -0.3 is 25.2 Å². The molecule has 14 bridgehead atoms. The third-order valence-corrected chi connectivity index (χ3v) is 29.1. The SMILES string of the molecule is CC1CC2=C3C4C5=C6C7CC14CCC7=CC(C1CCCC1)CC1C64C(=O)OC(=C(O)CC(C6CC7(CCCC7)C7(CCCC78CCCC8)C6)N6CC7CC(C6)C(CC2)N3C7)C4(CC5)C12OC(=O)c1c(CCCN)cccc12. The molecule has 3 N–H and O–H groups in total. The molecule has 0 radical (unpaired) electrons. The lowest BCUT2D eigenvalue weighted by Crippen LogP contribution is -2.78. The van der Waals surface area contributed by atoms with Crippen molar-refractivity contribution in [1.82, 2.24) is 9.80 Å². The molecule has 16 atom stereocenters. The first-order chi connectivity index (χ1) is 37.6. The van der Waals surface area contributed by atoms with Gasteiger partial charge in [0.1, 0.15) is 11.2 Å². The van der Waals surface area contributed by atoms with E-state index in [-0.39, 0.29) is 35.2 Å². The predicted octanol–water partition coefficient (Wildman–Crippen LogP) is 13.7. The second-order valence-electron chi connectivity index (χ2n) is 30.9. The van der Waals surface area contributed by atoms with E-state index in [1.807, 2.05) is 0 Å². The summed E-state index contributed by atoms with van der Waals surface area (Å²) in [6.07, 6.45) is 38.8. The number of aryl methyl sites for hydroxylation is 1. The average molecular weight is 1040 g/mol. The van der Waals surface area contributed by atoms with Crippen LogP contribution >= 0.6 is 0 Å². The Kier molecular flexibility index (Phi) is 9.70. The lowest BCUT2D eigenvalue weighted by atomic mass is 9.26. The molecule has 9 heterocycles. The highest BCUT2D eigenvalue weighted by molar-refractivity contribution is 6.00. The smallest absolute Gasteiger partial charge is 0.339 e. The van der Waals surface area contributed by atoms with E-state index in [0.29, 0.717) is 107 Å². The molecule has 21 rings (SSSR count). The Morgan fingerprint density at radius 3 is 2.43 bits per heavy atom. The van der Waals surface area contributed by atoms with E-state index >= 15 is 9.59 Å². The highest BCUT2D eigenvalue weighted by atomic mass is 16.6. The standard InChI is InChI=1S/C69H89N3O5/c1-40-29-45-16-17-52-47-30-41-37-71(39-47)53(48-34-64(22-6-7-23-64)66(35-48)25-10-24-63(66)20-4-5-21-63)33-54(73)60-67-27-19-49-57-50-36-65(40,58(49)59(45)72(52)38-41)26-18-44(50)31-46(42-11-2-3-12-42)32-55(68(57,67)62(75)76-60)69(67)51-15-8-13-43(14-9-28-70)56(51)61(74)77-69/h8,13,15,31,40-42,46-48,50,52-53,55,58,73H,2-7,9-12,14,16-30,32-39,70H2,1H3. The molecule has 0 amide bonds. The molecule has 0 aromatic heterocycles. The number of carbonyl (C=O) groups excluding carboxylic acids is 2.